The lowest BCUT2D eigenvalue weighted by Crippen LogP contribution is -2.07. The summed E-state index contributed by atoms with van der Waals surface area (Å²) in [4.78, 5) is 0. The second kappa shape index (κ2) is 5.86. The Morgan fingerprint density at radius 1 is 1.20 bits per heavy atom. The molecule has 15 heavy (non-hydrogen) atoms. The second-order valence-electron chi connectivity index (χ2n) is 4.27. The van der Waals surface area contributed by atoms with Crippen LogP contribution in [-0.2, 0) is 0 Å². The van der Waals surface area contributed by atoms with E-state index in [-0.39, 0.29) is 12.4 Å². The van der Waals surface area contributed by atoms with Crippen LogP contribution in [0.4, 0.5) is 4.39 Å². The Bertz CT molecular complexity index is 279. The summed E-state index contributed by atoms with van der Waals surface area (Å²) >= 11 is 0. The lowest BCUT2D eigenvalue weighted by molar-refractivity contribution is 0.273. The van der Waals surface area contributed by atoms with Gasteiger partial charge in [0.1, 0.15) is 5.82 Å². The lowest BCUT2D eigenvalue weighted by atomic mass is 9.85. The molecule has 0 aliphatic rings. The summed E-state index contributed by atoms with van der Waals surface area (Å²) in [6.07, 6.45) is 1.76. The standard InChI is InChI=1S/C13H19FO/c1-10(2)13(4-3-9-15)11-5-7-12(14)8-6-11/h5-8,10,13,15H,3-4,9H2,1-2H3. The van der Waals surface area contributed by atoms with E-state index in [1.54, 1.807) is 0 Å². The molecule has 1 unspecified atom stereocenters. The second-order valence-corrected chi connectivity index (χ2v) is 4.27. The molecule has 0 saturated carbocycles. The zero-order valence-electron chi connectivity index (χ0n) is 9.41. The first-order valence-corrected chi connectivity index (χ1v) is 5.51. The molecule has 0 bridgehead atoms. The van der Waals surface area contributed by atoms with Gasteiger partial charge in [0.2, 0.25) is 0 Å². The van der Waals surface area contributed by atoms with Crippen LogP contribution >= 0.6 is 0 Å². The van der Waals surface area contributed by atoms with Gasteiger partial charge in [-0.3, -0.25) is 0 Å². The highest BCUT2D eigenvalue weighted by Crippen LogP contribution is 2.28. The van der Waals surface area contributed by atoms with Crippen molar-refractivity contribution < 1.29 is 9.50 Å². The number of aliphatic hydroxyl groups is 1. The minimum atomic E-state index is -0.191. The van der Waals surface area contributed by atoms with Crippen LogP contribution < -0.4 is 0 Å². The number of hydrogen-bond donors (Lipinski definition) is 1. The van der Waals surface area contributed by atoms with E-state index in [0.717, 1.165) is 12.8 Å². The van der Waals surface area contributed by atoms with Gasteiger partial charge in [-0.15, -0.1) is 0 Å². The van der Waals surface area contributed by atoms with E-state index >= 15 is 0 Å². The third kappa shape index (κ3) is 3.63. The van der Waals surface area contributed by atoms with Crippen LogP contribution in [0.25, 0.3) is 0 Å². The molecule has 0 aliphatic carbocycles. The molecular formula is C13H19FO. The molecule has 2 heteroatoms. The van der Waals surface area contributed by atoms with Crippen LogP contribution in [0.3, 0.4) is 0 Å². The summed E-state index contributed by atoms with van der Waals surface area (Å²) in [5, 5.41) is 8.83. The van der Waals surface area contributed by atoms with Gasteiger partial charge in [0.15, 0.2) is 0 Å². The van der Waals surface area contributed by atoms with Crippen LogP contribution in [0.2, 0.25) is 0 Å². The fraction of sp³-hybridized carbons (Fsp3) is 0.538. The molecule has 1 N–H and O–H groups in total. The molecule has 1 aromatic rings. The highest BCUT2D eigenvalue weighted by atomic mass is 19.1. The number of halogens is 1. The SMILES string of the molecule is CC(C)C(CCCO)c1ccc(F)cc1. The minimum Gasteiger partial charge on any atom is -0.396 e. The van der Waals surface area contributed by atoms with Gasteiger partial charge in [0.25, 0.3) is 0 Å². The van der Waals surface area contributed by atoms with Crippen molar-refractivity contribution in [3.8, 4) is 0 Å². The lowest BCUT2D eigenvalue weighted by Gasteiger charge is -2.20. The van der Waals surface area contributed by atoms with Gasteiger partial charge in [0.05, 0.1) is 0 Å². The molecule has 1 rings (SSSR count). The highest BCUT2D eigenvalue weighted by molar-refractivity contribution is 5.20. The van der Waals surface area contributed by atoms with Crippen molar-refractivity contribution in [3.05, 3.63) is 35.6 Å². The molecule has 0 spiro atoms. The normalized spacial score (nSPS) is 13.1. The van der Waals surface area contributed by atoms with Crippen molar-refractivity contribution in [1.82, 2.24) is 0 Å². The van der Waals surface area contributed by atoms with Crippen LogP contribution in [-0.4, -0.2) is 11.7 Å². The first-order valence-electron chi connectivity index (χ1n) is 5.51. The molecule has 0 aromatic heterocycles. The van der Waals surface area contributed by atoms with Crippen LogP contribution in [0, 0.1) is 11.7 Å². The van der Waals surface area contributed by atoms with Crippen molar-refractivity contribution in [2.75, 3.05) is 6.61 Å². The maximum atomic E-state index is 12.8. The molecule has 84 valence electrons. The van der Waals surface area contributed by atoms with Crippen molar-refractivity contribution in [3.63, 3.8) is 0 Å². The Morgan fingerprint density at radius 3 is 2.27 bits per heavy atom. The Labute approximate surface area is 90.9 Å². The van der Waals surface area contributed by atoms with Gasteiger partial charge in [-0.25, -0.2) is 4.39 Å². The maximum absolute atomic E-state index is 12.8. The monoisotopic (exact) mass is 210 g/mol. The Balaban J connectivity index is 2.74. The van der Waals surface area contributed by atoms with Crippen LogP contribution in [0.15, 0.2) is 24.3 Å². The molecule has 1 nitrogen and oxygen atoms in total. The molecule has 0 fully saturated rings. The van der Waals surface area contributed by atoms with Gasteiger partial charge in [0, 0.05) is 6.61 Å². The van der Waals surface area contributed by atoms with Gasteiger partial charge < -0.3 is 5.11 Å². The number of hydrogen-bond acceptors (Lipinski definition) is 1. The summed E-state index contributed by atoms with van der Waals surface area (Å²) < 4.78 is 12.8. The summed E-state index contributed by atoms with van der Waals surface area (Å²) in [5.74, 6) is 0.739. The van der Waals surface area contributed by atoms with E-state index in [1.807, 2.05) is 12.1 Å². The average molecular weight is 210 g/mol. The van der Waals surface area contributed by atoms with E-state index in [2.05, 4.69) is 13.8 Å². The number of aliphatic hydroxyl groups excluding tert-OH is 1. The van der Waals surface area contributed by atoms with Gasteiger partial charge in [-0.05, 0) is 42.4 Å². The molecule has 0 aliphatic heterocycles. The van der Waals surface area contributed by atoms with Crippen molar-refractivity contribution in [2.45, 2.75) is 32.6 Å². The zero-order chi connectivity index (χ0) is 11.3. The minimum absolute atomic E-state index is 0.191. The summed E-state index contributed by atoms with van der Waals surface area (Å²) in [6, 6.07) is 6.70. The summed E-state index contributed by atoms with van der Waals surface area (Å²) in [7, 11) is 0. The Hall–Kier alpha value is -0.890. The smallest absolute Gasteiger partial charge is 0.123 e. The third-order valence-corrected chi connectivity index (χ3v) is 2.78. The average Bonchev–Trinajstić information content (AvgIpc) is 2.21. The predicted octanol–water partition coefficient (Wildman–Crippen LogP) is 3.34. The highest BCUT2D eigenvalue weighted by Gasteiger charge is 2.15. The largest absolute Gasteiger partial charge is 0.396 e. The van der Waals surface area contributed by atoms with E-state index in [9.17, 15) is 4.39 Å². The fourth-order valence-corrected chi connectivity index (χ4v) is 1.91. The molecule has 0 radical (unpaired) electrons. The van der Waals surface area contributed by atoms with Crippen molar-refractivity contribution in [2.24, 2.45) is 5.92 Å². The molecule has 1 aromatic carbocycles. The summed E-state index contributed by atoms with van der Waals surface area (Å²) in [6.45, 7) is 4.54. The van der Waals surface area contributed by atoms with Crippen LogP contribution in [0.1, 0.15) is 38.2 Å². The molecule has 0 saturated heterocycles. The molecule has 0 amide bonds. The number of benzene rings is 1. The third-order valence-electron chi connectivity index (χ3n) is 2.78. The Kier molecular flexibility index (Phi) is 4.76. The van der Waals surface area contributed by atoms with E-state index in [1.165, 1.54) is 17.7 Å². The topological polar surface area (TPSA) is 20.2 Å². The van der Waals surface area contributed by atoms with E-state index < -0.39 is 0 Å². The fourth-order valence-electron chi connectivity index (χ4n) is 1.91. The first-order chi connectivity index (χ1) is 7.15. The summed E-state index contributed by atoms with van der Waals surface area (Å²) in [5.41, 5.74) is 1.17. The molecular weight excluding hydrogens is 191 g/mol. The quantitative estimate of drug-likeness (QED) is 0.790. The zero-order valence-corrected chi connectivity index (χ0v) is 9.41. The van der Waals surface area contributed by atoms with Gasteiger partial charge in [-0.1, -0.05) is 26.0 Å². The molecule has 1 atom stereocenters. The maximum Gasteiger partial charge on any atom is 0.123 e. The molecule has 0 heterocycles. The number of rotatable bonds is 5. The van der Waals surface area contributed by atoms with E-state index in [4.69, 9.17) is 5.11 Å². The predicted molar refractivity (Wildman–Crippen MR) is 60.3 cm³/mol. The van der Waals surface area contributed by atoms with Gasteiger partial charge in [-0.2, -0.15) is 0 Å². The Morgan fingerprint density at radius 2 is 1.80 bits per heavy atom. The van der Waals surface area contributed by atoms with Crippen molar-refractivity contribution in [1.29, 1.82) is 0 Å². The van der Waals surface area contributed by atoms with Gasteiger partial charge >= 0.3 is 0 Å². The van der Waals surface area contributed by atoms with E-state index in [0.29, 0.717) is 11.8 Å². The van der Waals surface area contributed by atoms with Crippen LogP contribution in [0.5, 0.6) is 0 Å². The van der Waals surface area contributed by atoms with Crippen molar-refractivity contribution >= 4 is 0 Å². The first kappa shape index (κ1) is 12.2.